The number of hydrogen-bond donors (Lipinski definition) is 1. The normalized spacial score (nSPS) is 11.3. The van der Waals surface area contributed by atoms with Crippen molar-refractivity contribution in [2.75, 3.05) is 20.8 Å². The van der Waals surface area contributed by atoms with Crippen LogP contribution < -0.4 is 14.2 Å². The molecule has 0 amide bonds. The molecule has 0 heterocycles. The fourth-order valence-electron chi connectivity index (χ4n) is 2.16. The van der Waals surface area contributed by atoms with Crippen molar-refractivity contribution in [2.45, 2.75) is 11.3 Å². The number of hydrogen-bond acceptors (Lipinski definition) is 4. The van der Waals surface area contributed by atoms with Gasteiger partial charge in [0.05, 0.1) is 19.1 Å². The maximum atomic E-state index is 12.5. The molecule has 0 unspecified atom stereocenters. The maximum Gasteiger partial charge on any atom is 0.241 e. The summed E-state index contributed by atoms with van der Waals surface area (Å²) in [7, 11) is -0.458. The fourth-order valence-corrected chi connectivity index (χ4v) is 4.69. The molecule has 0 aliphatic heterocycles. The third-order valence-electron chi connectivity index (χ3n) is 3.36. The number of sulfonamides is 1. The van der Waals surface area contributed by atoms with Crippen molar-refractivity contribution >= 4 is 41.9 Å². The molecule has 0 spiro atoms. The Morgan fingerprint density at radius 1 is 1.04 bits per heavy atom. The lowest BCUT2D eigenvalue weighted by molar-refractivity contribution is 0.398. The van der Waals surface area contributed by atoms with Gasteiger partial charge in [-0.05, 0) is 64.3 Å². The fraction of sp³-hybridized carbons (Fsp3) is 0.250. The predicted molar refractivity (Wildman–Crippen MR) is 100 cm³/mol. The van der Waals surface area contributed by atoms with Gasteiger partial charge in [0, 0.05) is 15.5 Å². The summed E-state index contributed by atoms with van der Waals surface area (Å²) < 4.78 is 39.2. The minimum atomic E-state index is -3.62. The van der Waals surface area contributed by atoms with E-state index in [1.165, 1.54) is 0 Å². The highest BCUT2D eigenvalue weighted by molar-refractivity contribution is 9.11. The zero-order chi connectivity index (χ0) is 17.7. The van der Waals surface area contributed by atoms with Crippen LogP contribution in [0.15, 0.2) is 50.2 Å². The standard InChI is InChI=1S/C16H17Br2NO4S/c1-22-13-4-6-15(23-2)11(9-13)7-8-19-24(20,21)16-10-12(17)3-5-14(16)18/h3-6,9-10,19H,7-8H2,1-2H3. The van der Waals surface area contributed by atoms with Gasteiger partial charge in [-0.15, -0.1) is 0 Å². The van der Waals surface area contributed by atoms with Crippen molar-refractivity contribution in [3.63, 3.8) is 0 Å². The van der Waals surface area contributed by atoms with E-state index in [1.54, 1.807) is 44.6 Å². The zero-order valence-electron chi connectivity index (χ0n) is 13.2. The lowest BCUT2D eigenvalue weighted by Crippen LogP contribution is -2.26. The average molecular weight is 479 g/mol. The summed E-state index contributed by atoms with van der Waals surface area (Å²) in [5.74, 6) is 1.39. The molecule has 0 saturated heterocycles. The molecule has 0 atom stereocenters. The number of methoxy groups -OCH3 is 2. The molecule has 0 fully saturated rings. The third kappa shape index (κ3) is 4.72. The van der Waals surface area contributed by atoms with Gasteiger partial charge in [-0.1, -0.05) is 15.9 Å². The van der Waals surface area contributed by atoms with E-state index in [0.717, 1.165) is 5.56 Å². The Morgan fingerprint density at radius 3 is 2.46 bits per heavy atom. The summed E-state index contributed by atoms with van der Waals surface area (Å²) in [5.41, 5.74) is 0.868. The van der Waals surface area contributed by atoms with E-state index in [-0.39, 0.29) is 11.4 Å². The van der Waals surface area contributed by atoms with Crippen molar-refractivity contribution in [3.05, 3.63) is 50.9 Å². The van der Waals surface area contributed by atoms with Crippen LogP contribution in [0.2, 0.25) is 0 Å². The molecule has 130 valence electrons. The van der Waals surface area contributed by atoms with Gasteiger partial charge >= 0.3 is 0 Å². The van der Waals surface area contributed by atoms with E-state index in [9.17, 15) is 8.42 Å². The monoisotopic (exact) mass is 477 g/mol. The molecule has 0 aromatic heterocycles. The van der Waals surface area contributed by atoms with Crippen molar-refractivity contribution < 1.29 is 17.9 Å². The highest BCUT2D eigenvalue weighted by Crippen LogP contribution is 2.26. The van der Waals surface area contributed by atoms with E-state index >= 15 is 0 Å². The van der Waals surface area contributed by atoms with E-state index < -0.39 is 10.0 Å². The van der Waals surface area contributed by atoms with E-state index in [4.69, 9.17) is 9.47 Å². The summed E-state index contributed by atoms with van der Waals surface area (Å²) in [6, 6.07) is 10.4. The number of nitrogens with one attached hydrogen (secondary N) is 1. The Balaban J connectivity index is 2.12. The van der Waals surface area contributed by atoms with Crippen LogP contribution in [0, 0.1) is 0 Å². The maximum absolute atomic E-state index is 12.5. The van der Waals surface area contributed by atoms with Gasteiger partial charge in [0.15, 0.2) is 0 Å². The number of rotatable bonds is 7. The molecular weight excluding hydrogens is 462 g/mol. The van der Waals surface area contributed by atoms with Crippen molar-refractivity contribution in [1.29, 1.82) is 0 Å². The van der Waals surface area contributed by atoms with Crippen LogP contribution in [0.3, 0.4) is 0 Å². The molecule has 1 N–H and O–H groups in total. The van der Waals surface area contributed by atoms with Gasteiger partial charge in [-0.3, -0.25) is 0 Å². The Morgan fingerprint density at radius 2 is 1.79 bits per heavy atom. The largest absolute Gasteiger partial charge is 0.497 e. The molecule has 0 aliphatic rings. The van der Waals surface area contributed by atoms with Gasteiger partial charge in [0.2, 0.25) is 10.0 Å². The molecule has 0 aliphatic carbocycles. The minimum Gasteiger partial charge on any atom is -0.497 e. The minimum absolute atomic E-state index is 0.189. The van der Waals surface area contributed by atoms with Crippen LogP contribution in [0.5, 0.6) is 11.5 Å². The summed E-state index contributed by atoms with van der Waals surface area (Å²) in [5, 5.41) is 0. The van der Waals surface area contributed by atoms with Gasteiger partial charge < -0.3 is 9.47 Å². The molecule has 0 bridgehead atoms. The van der Waals surface area contributed by atoms with Crippen LogP contribution in [0.1, 0.15) is 5.56 Å². The van der Waals surface area contributed by atoms with Crippen LogP contribution in [-0.4, -0.2) is 29.2 Å². The second-order valence-corrected chi connectivity index (χ2v) is 8.41. The third-order valence-corrected chi connectivity index (χ3v) is 6.30. The van der Waals surface area contributed by atoms with Crippen LogP contribution in [0.4, 0.5) is 0 Å². The molecule has 0 radical (unpaired) electrons. The molecular formula is C16H17Br2NO4S. The Kier molecular flexibility index (Phi) is 6.68. The van der Waals surface area contributed by atoms with Gasteiger partial charge in [0.1, 0.15) is 11.5 Å². The second-order valence-electron chi connectivity index (χ2n) is 4.90. The molecule has 5 nitrogen and oxygen atoms in total. The summed E-state index contributed by atoms with van der Waals surface area (Å²) >= 11 is 6.55. The smallest absolute Gasteiger partial charge is 0.241 e. The van der Waals surface area contributed by atoms with Crippen molar-refractivity contribution in [3.8, 4) is 11.5 Å². The quantitative estimate of drug-likeness (QED) is 0.658. The first-order chi connectivity index (χ1) is 11.4. The van der Waals surface area contributed by atoms with Crippen LogP contribution in [0.25, 0.3) is 0 Å². The number of ether oxygens (including phenoxy) is 2. The lowest BCUT2D eigenvalue weighted by atomic mass is 10.1. The first-order valence-electron chi connectivity index (χ1n) is 7.03. The predicted octanol–water partition coefficient (Wildman–Crippen LogP) is 3.75. The Bertz CT molecular complexity index is 825. The first kappa shape index (κ1) is 19.2. The lowest BCUT2D eigenvalue weighted by Gasteiger charge is -2.12. The number of benzene rings is 2. The molecule has 2 aromatic carbocycles. The summed E-state index contributed by atoms with van der Waals surface area (Å²) in [6.07, 6.45) is 0.477. The number of halogens is 2. The van der Waals surface area contributed by atoms with Crippen LogP contribution >= 0.6 is 31.9 Å². The molecule has 0 saturated carbocycles. The molecule has 24 heavy (non-hydrogen) atoms. The molecule has 2 rings (SSSR count). The SMILES string of the molecule is COc1ccc(OC)c(CCNS(=O)(=O)c2cc(Br)ccc2Br)c1. The van der Waals surface area contributed by atoms with E-state index in [1.807, 2.05) is 6.07 Å². The van der Waals surface area contributed by atoms with E-state index in [0.29, 0.717) is 26.9 Å². The topological polar surface area (TPSA) is 64.6 Å². The van der Waals surface area contributed by atoms with Gasteiger partial charge in [-0.2, -0.15) is 0 Å². The van der Waals surface area contributed by atoms with Crippen molar-refractivity contribution in [1.82, 2.24) is 4.72 Å². The van der Waals surface area contributed by atoms with Gasteiger partial charge in [0.25, 0.3) is 0 Å². The van der Waals surface area contributed by atoms with Gasteiger partial charge in [-0.25, -0.2) is 13.1 Å². The van der Waals surface area contributed by atoms with Crippen LogP contribution in [-0.2, 0) is 16.4 Å². The Labute approximate surface area is 158 Å². The first-order valence-corrected chi connectivity index (χ1v) is 10.1. The average Bonchev–Trinajstić information content (AvgIpc) is 2.56. The second kappa shape index (κ2) is 8.33. The summed E-state index contributed by atoms with van der Waals surface area (Å²) in [4.78, 5) is 0.189. The highest BCUT2D eigenvalue weighted by atomic mass is 79.9. The summed E-state index contributed by atoms with van der Waals surface area (Å²) in [6.45, 7) is 0.241. The zero-order valence-corrected chi connectivity index (χ0v) is 17.2. The van der Waals surface area contributed by atoms with Crippen molar-refractivity contribution in [2.24, 2.45) is 0 Å². The van der Waals surface area contributed by atoms with E-state index in [2.05, 4.69) is 36.6 Å². The molecule has 2 aromatic rings. The Hall–Kier alpha value is -1.09. The highest BCUT2D eigenvalue weighted by Gasteiger charge is 2.18. The molecule has 8 heteroatoms.